The van der Waals surface area contributed by atoms with Crippen molar-refractivity contribution in [3.05, 3.63) is 69.7 Å². The normalized spacial score (nSPS) is 15.0. The van der Waals surface area contributed by atoms with Crippen LogP contribution in [0.25, 0.3) is 6.08 Å². The third-order valence-electron chi connectivity index (χ3n) is 4.49. The monoisotopic (exact) mass is 461 g/mol. The van der Waals surface area contributed by atoms with Gasteiger partial charge in [0.25, 0.3) is 0 Å². The first-order valence-corrected chi connectivity index (χ1v) is 10.2. The summed E-state index contributed by atoms with van der Waals surface area (Å²) in [7, 11) is 0. The summed E-state index contributed by atoms with van der Waals surface area (Å²) in [5.41, 5.74) is 1.59. The van der Waals surface area contributed by atoms with Gasteiger partial charge in [0.15, 0.2) is 0 Å². The predicted molar refractivity (Wildman–Crippen MR) is 116 cm³/mol. The molecule has 0 atom stereocenters. The number of hydrogen-bond acceptors (Lipinski definition) is 3. The molecule has 3 rings (SSSR count). The lowest BCUT2D eigenvalue weighted by Gasteiger charge is -2.33. The minimum absolute atomic E-state index is 0.0110. The number of halogens is 2. The number of anilines is 1. The zero-order valence-electron chi connectivity index (χ0n) is 15.3. The summed E-state index contributed by atoms with van der Waals surface area (Å²) in [6, 6.07) is 14.9. The molecular formula is C21H21BrClN3O2. The molecule has 0 bridgehead atoms. The Morgan fingerprint density at radius 2 is 1.71 bits per heavy atom. The van der Waals surface area contributed by atoms with E-state index in [2.05, 4.69) is 21.2 Å². The van der Waals surface area contributed by atoms with Crippen LogP contribution in [0.2, 0.25) is 5.02 Å². The number of piperazine rings is 1. The Labute approximate surface area is 178 Å². The van der Waals surface area contributed by atoms with Gasteiger partial charge in [0.1, 0.15) is 0 Å². The van der Waals surface area contributed by atoms with Crippen LogP contribution in [0.4, 0.5) is 5.69 Å². The molecule has 146 valence electrons. The van der Waals surface area contributed by atoms with Crippen LogP contribution in [0, 0.1) is 0 Å². The van der Waals surface area contributed by atoms with Crippen LogP contribution < -0.4 is 5.32 Å². The zero-order valence-corrected chi connectivity index (χ0v) is 17.6. The Bertz CT molecular complexity index is 862. The average molecular weight is 463 g/mol. The van der Waals surface area contributed by atoms with Gasteiger partial charge in [0.05, 0.1) is 17.3 Å². The lowest BCUT2D eigenvalue weighted by Crippen LogP contribution is -2.50. The first kappa shape index (κ1) is 20.6. The number of benzene rings is 2. The van der Waals surface area contributed by atoms with Crippen LogP contribution in [0.5, 0.6) is 0 Å². The Kier molecular flexibility index (Phi) is 7.25. The van der Waals surface area contributed by atoms with Gasteiger partial charge in [-0.3, -0.25) is 14.5 Å². The molecule has 2 aromatic carbocycles. The first-order valence-electron chi connectivity index (χ1n) is 9.00. The molecule has 0 aromatic heterocycles. The topological polar surface area (TPSA) is 52.7 Å². The minimum atomic E-state index is -0.108. The third-order valence-corrected chi connectivity index (χ3v) is 5.35. The van der Waals surface area contributed by atoms with E-state index in [-0.39, 0.29) is 18.4 Å². The number of carbonyl (C=O) groups excluding carboxylic acids is 2. The molecule has 0 saturated carbocycles. The van der Waals surface area contributed by atoms with Gasteiger partial charge in [0, 0.05) is 36.7 Å². The van der Waals surface area contributed by atoms with Gasteiger partial charge in [-0.25, -0.2) is 0 Å². The average Bonchev–Trinajstić information content (AvgIpc) is 2.69. The predicted octanol–water partition coefficient (Wildman–Crippen LogP) is 3.90. The molecule has 1 aliphatic rings. The highest BCUT2D eigenvalue weighted by atomic mass is 79.9. The largest absolute Gasteiger partial charge is 0.337 e. The van der Waals surface area contributed by atoms with Gasteiger partial charge in [0.2, 0.25) is 11.8 Å². The summed E-state index contributed by atoms with van der Waals surface area (Å²) in [5.74, 6) is -0.119. The summed E-state index contributed by atoms with van der Waals surface area (Å²) in [4.78, 5) is 28.4. The van der Waals surface area contributed by atoms with Gasteiger partial charge in [-0.15, -0.1) is 0 Å². The van der Waals surface area contributed by atoms with Crippen LogP contribution in [0.1, 0.15) is 5.56 Å². The third kappa shape index (κ3) is 5.92. The number of rotatable bonds is 5. The van der Waals surface area contributed by atoms with Gasteiger partial charge < -0.3 is 10.2 Å². The highest BCUT2D eigenvalue weighted by molar-refractivity contribution is 9.10. The van der Waals surface area contributed by atoms with Crippen molar-refractivity contribution in [3.63, 3.8) is 0 Å². The summed E-state index contributed by atoms with van der Waals surface area (Å²) < 4.78 is 1.01. The Balaban J connectivity index is 1.44. The van der Waals surface area contributed by atoms with Crippen molar-refractivity contribution in [2.24, 2.45) is 0 Å². The van der Waals surface area contributed by atoms with Crippen molar-refractivity contribution in [3.8, 4) is 0 Å². The lowest BCUT2D eigenvalue weighted by molar-refractivity contribution is -0.127. The van der Waals surface area contributed by atoms with Crippen molar-refractivity contribution in [2.75, 3.05) is 38.0 Å². The van der Waals surface area contributed by atoms with E-state index in [1.54, 1.807) is 23.1 Å². The molecule has 5 nitrogen and oxygen atoms in total. The molecule has 0 radical (unpaired) electrons. The highest BCUT2D eigenvalue weighted by Gasteiger charge is 2.21. The summed E-state index contributed by atoms with van der Waals surface area (Å²) >= 11 is 9.46. The van der Waals surface area contributed by atoms with Gasteiger partial charge in [-0.2, -0.15) is 0 Å². The van der Waals surface area contributed by atoms with E-state index >= 15 is 0 Å². The van der Waals surface area contributed by atoms with Crippen LogP contribution >= 0.6 is 27.5 Å². The molecule has 1 N–H and O–H groups in total. The molecule has 2 amide bonds. The Morgan fingerprint density at radius 3 is 2.39 bits per heavy atom. The fourth-order valence-electron chi connectivity index (χ4n) is 2.93. The van der Waals surface area contributed by atoms with Crippen molar-refractivity contribution in [1.29, 1.82) is 0 Å². The number of nitrogens with zero attached hydrogens (tertiary/aromatic N) is 2. The molecule has 1 saturated heterocycles. The fourth-order valence-corrected chi connectivity index (χ4v) is 3.38. The van der Waals surface area contributed by atoms with E-state index in [1.807, 2.05) is 47.4 Å². The van der Waals surface area contributed by atoms with E-state index in [0.29, 0.717) is 36.9 Å². The molecule has 0 spiro atoms. The maximum Gasteiger partial charge on any atom is 0.246 e. The number of amides is 2. The van der Waals surface area contributed by atoms with Gasteiger partial charge in [-0.05, 0) is 35.9 Å². The summed E-state index contributed by atoms with van der Waals surface area (Å²) in [6.07, 6.45) is 3.42. The van der Waals surface area contributed by atoms with E-state index in [0.717, 1.165) is 10.0 Å². The van der Waals surface area contributed by atoms with E-state index < -0.39 is 0 Å². The van der Waals surface area contributed by atoms with Crippen LogP contribution in [0.3, 0.4) is 0 Å². The van der Waals surface area contributed by atoms with E-state index in [1.165, 1.54) is 0 Å². The number of nitrogens with one attached hydrogen (secondary N) is 1. The summed E-state index contributed by atoms with van der Waals surface area (Å²) in [6.45, 7) is 2.80. The zero-order chi connectivity index (χ0) is 19.9. The SMILES string of the molecule is O=C(CN1CCN(C(=O)C=Cc2ccc(Br)cc2)CC1)Nc1ccccc1Cl. The smallest absolute Gasteiger partial charge is 0.246 e. The highest BCUT2D eigenvalue weighted by Crippen LogP contribution is 2.20. The molecular weight excluding hydrogens is 442 g/mol. The second-order valence-electron chi connectivity index (χ2n) is 6.51. The molecule has 1 aliphatic heterocycles. The molecule has 2 aromatic rings. The molecule has 1 fully saturated rings. The second kappa shape index (κ2) is 9.87. The Hall–Kier alpha value is -2.15. The maximum atomic E-state index is 12.4. The minimum Gasteiger partial charge on any atom is -0.337 e. The van der Waals surface area contributed by atoms with Gasteiger partial charge >= 0.3 is 0 Å². The molecule has 28 heavy (non-hydrogen) atoms. The van der Waals surface area contributed by atoms with E-state index in [4.69, 9.17) is 11.6 Å². The van der Waals surface area contributed by atoms with Crippen LogP contribution in [-0.4, -0.2) is 54.3 Å². The second-order valence-corrected chi connectivity index (χ2v) is 7.84. The standard InChI is InChI=1S/C21H21BrClN3O2/c22-17-8-5-16(6-9-17)7-10-21(28)26-13-11-25(12-14-26)15-20(27)24-19-4-2-1-3-18(19)23/h1-10H,11-15H2,(H,24,27). The summed E-state index contributed by atoms with van der Waals surface area (Å²) in [5, 5.41) is 3.34. The lowest BCUT2D eigenvalue weighted by atomic mass is 10.2. The van der Waals surface area contributed by atoms with Gasteiger partial charge in [-0.1, -0.05) is 51.8 Å². The quantitative estimate of drug-likeness (QED) is 0.686. The number of hydrogen-bond donors (Lipinski definition) is 1. The Morgan fingerprint density at radius 1 is 1.04 bits per heavy atom. The molecule has 0 aliphatic carbocycles. The van der Waals surface area contributed by atoms with Crippen molar-refractivity contribution < 1.29 is 9.59 Å². The molecule has 1 heterocycles. The van der Waals surface area contributed by atoms with E-state index in [9.17, 15) is 9.59 Å². The molecule has 0 unspecified atom stereocenters. The van der Waals surface area contributed by atoms with Crippen molar-refractivity contribution >= 4 is 51.1 Å². The fraction of sp³-hybridized carbons (Fsp3) is 0.238. The molecule has 7 heteroatoms. The van der Waals surface area contributed by atoms with Crippen LogP contribution in [0.15, 0.2) is 59.1 Å². The van der Waals surface area contributed by atoms with Crippen molar-refractivity contribution in [2.45, 2.75) is 0 Å². The van der Waals surface area contributed by atoms with Crippen molar-refractivity contribution in [1.82, 2.24) is 9.80 Å². The first-order chi connectivity index (χ1) is 13.5. The maximum absolute atomic E-state index is 12.4. The number of carbonyl (C=O) groups is 2. The number of para-hydroxylation sites is 1. The van der Waals surface area contributed by atoms with Crippen LogP contribution in [-0.2, 0) is 9.59 Å².